The van der Waals surface area contributed by atoms with Gasteiger partial charge in [0, 0.05) is 12.8 Å². The number of carbonyl (C=O) groups excluding carboxylic acids is 2. The molecule has 0 radical (unpaired) electrons. The zero-order valence-corrected chi connectivity index (χ0v) is 33.1. The van der Waals surface area contributed by atoms with Gasteiger partial charge in [0.15, 0.2) is 0 Å². The normalized spacial score (nSPS) is 13.0. The van der Waals surface area contributed by atoms with Crippen molar-refractivity contribution in [3.63, 3.8) is 0 Å². The molecule has 0 spiro atoms. The minimum atomic E-state index is -0.684. The Labute approximate surface area is 310 Å². The summed E-state index contributed by atoms with van der Waals surface area (Å²) in [7, 11) is 0. The van der Waals surface area contributed by atoms with Gasteiger partial charge in [0.2, 0.25) is 5.91 Å². The van der Waals surface area contributed by atoms with E-state index in [-0.39, 0.29) is 18.5 Å². The zero-order valence-electron chi connectivity index (χ0n) is 33.1. The van der Waals surface area contributed by atoms with Gasteiger partial charge in [0.25, 0.3) is 0 Å². The molecule has 294 valence electrons. The third-order valence-electron chi connectivity index (χ3n) is 9.72. The molecule has 0 heterocycles. The fourth-order valence-corrected chi connectivity index (χ4v) is 6.32. The van der Waals surface area contributed by atoms with Crippen molar-refractivity contribution in [1.29, 1.82) is 0 Å². The van der Waals surface area contributed by atoms with E-state index >= 15 is 0 Å². The van der Waals surface area contributed by atoms with Gasteiger partial charge in [0.1, 0.15) is 0 Å². The zero-order chi connectivity index (χ0) is 36.6. The number of aliphatic hydroxyl groups is 2. The van der Waals surface area contributed by atoms with E-state index in [0.717, 1.165) is 77.0 Å². The summed E-state index contributed by atoms with van der Waals surface area (Å²) in [4.78, 5) is 24.3. The van der Waals surface area contributed by atoms with E-state index in [1.807, 2.05) is 0 Å². The Hall–Kier alpha value is -1.66. The van der Waals surface area contributed by atoms with Gasteiger partial charge in [-0.15, -0.1) is 0 Å². The molecule has 2 atom stereocenters. The van der Waals surface area contributed by atoms with E-state index in [2.05, 4.69) is 43.5 Å². The summed E-state index contributed by atoms with van der Waals surface area (Å²) in [6, 6.07) is -0.565. The number of hydrogen-bond donors (Lipinski definition) is 3. The van der Waals surface area contributed by atoms with E-state index in [4.69, 9.17) is 4.74 Å². The van der Waals surface area contributed by atoms with Crippen molar-refractivity contribution >= 4 is 11.9 Å². The number of nitrogens with one attached hydrogen (secondary N) is 1. The summed E-state index contributed by atoms with van der Waals surface area (Å²) >= 11 is 0. The first-order chi connectivity index (χ1) is 24.5. The summed E-state index contributed by atoms with van der Waals surface area (Å²) in [6.07, 6.45) is 44.1. The highest BCUT2D eigenvalue weighted by Crippen LogP contribution is 2.15. The SMILES string of the molecule is CCCC/C=C\CCCCCCCC(=O)OCCCC/C=C\CCCCCCC(=O)NC(CO)C(O)CCCCCCCCCCCCCC. The van der Waals surface area contributed by atoms with Crippen molar-refractivity contribution in [2.75, 3.05) is 13.2 Å². The maximum absolute atomic E-state index is 12.4. The molecule has 0 aliphatic rings. The van der Waals surface area contributed by atoms with Gasteiger partial charge < -0.3 is 20.3 Å². The summed E-state index contributed by atoms with van der Waals surface area (Å²) in [5.41, 5.74) is 0. The number of amides is 1. The van der Waals surface area contributed by atoms with Gasteiger partial charge in [-0.25, -0.2) is 0 Å². The van der Waals surface area contributed by atoms with Crippen LogP contribution in [0, 0.1) is 0 Å². The molecule has 0 aromatic carbocycles. The van der Waals surface area contributed by atoms with Crippen molar-refractivity contribution in [2.24, 2.45) is 0 Å². The number of allylic oxidation sites excluding steroid dienone is 4. The molecule has 1 amide bonds. The molecule has 0 rings (SSSR count). The number of esters is 1. The van der Waals surface area contributed by atoms with Crippen molar-refractivity contribution in [1.82, 2.24) is 5.32 Å². The number of rotatable bonds is 39. The number of ether oxygens (including phenoxy) is 1. The molecule has 0 saturated heterocycles. The van der Waals surface area contributed by atoms with Crippen molar-refractivity contribution < 1.29 is 24.5 Å². The lowest BCUT2D eigenvalue weighted by molar-refractivity contribution is -0.143. The Morgan fingerprint density at radius 3 is 1.48 bits per heavy atom. The highest BCUT2D eigenvalue weighted by molar-refractivity contribution is 5.76. The summed E-state index contributed by atoms with van der Waals surface area (Å²) in [5, 5.41) is 23.1. The molecule has 0 aliphatic carbocycles. The van der Waals surface area contributed by atoms with E-state index < -0.39 is 12.1 Å². The van der Waals surface area contributed by atoms with Crippen LogP contribution in [0.3, 0.4) is 0 Å². The maximum atomic E-state index is 12.4. The van der Waals surface area contributed by atoms with Gasteiger partial charge in [-0.2, -0.15) is 0 Å². The van der Waals surface area contributed by atoms with E-state index in [1.165, 1.54) is 109 Å². The molecule has 6 nitrogen and oxygen atoms in total. The molecule has 0 aromatic heterocycles. The van der Waals surface area contributed by atoms with Crippen LogP contribution in [-0.2, 0) is 14.3 Å². The number of aliphatic hydroxyl groups excluding tert-OH is 2. The molecule has 0 bridgehead atoms. The van der Waals surface area contributed by atoms with Crippen LogP contribution in [0.4, 0.5) is 0 Å². The Morgan fingerprint density at radius 1 is 0.540 bits per heavy atom. The first-order valence-electron chi connectivity index (χ1n) is 21.6. The summed E-state index contributed by atoms with van der Waals surface area (Å²) in [6.45, 7) is 4.80. The second-order valence-corrected chi connectivity index (χ2v) is 14.7. The van der Waals surface area contributed by atoms with Crippen LogP contribution in [0.25, 0.3) is 0 Å². The van der Waals surface area contributed by atoms with E-state index in [0.29, 0.717) is 25.9 Å². The number of carbonyl (C=O) groups is 2. The van der Waals surface area contributed by atoms with Gasteiger partial charge >= 0.3 is 5.97 Å². The second kappa shape index (κ2) is 40.1. The lowest BCUT2D eigenvalue weighted by Gasteiger charge is -2.22. The minimum absolute atomic E-state index is 0.0484. The minimum Gasteiger partial charge on any atom is -0.466 e. The molecular weight excluding hydrogens is 622 g/mol. The first-order valence-corrected chi connectivity index (χ1v) is 21.6. The Bertz CT molecular complexity index is 782. The third kappa shape index (κ3) is 36.1. The quantitative estimate of drug-likeness (QED) is 0.0336. The molecule has 0 aromatic rings. The molecule has 50 heavy (non-hydrogen) atoms. The van der Waals surface area contributed by atoms with Crippen molar-refractivity contribution in [3.05, 3.63) is 24.3 Å². The number of hydrogen-bond acceptors (Lipinski definition) is 5. The Balaban J connectivity index is 3.57. The summed E-state index contributed by atoms with van der Waals surface area (Å²) in [5.74, 6) is -0.122. The first kappa shape index (κ1) is 48.3. The molecule has 3 N–H and O–H groups in total. The highest BCUT2D eigenvalue weighted by Gasteiger charge is 2.20. The second-order valence-electron chi connectivity index (χ2n) is 14.7. The average molecular weight is 706 g/mol. The molecule has 6 heteroatoms. The molecular formula is C44H83NO5. The van der Waals surface area contributed by atoms with Crippen LogP contribution in [-0.4, -0.2) is 47.4 Å². The largest absolute Gasteiger partial charge is 0.466 e. The molecule has 0 saturated carbocycles. The molecule has 2 unspecified atom stereocenters. The summed E-state index contributed by atoms with van der Waals surface area (Å²) < 4.78 is 5.39. The fourth-order valence-electron chi connectivity index (χ4n) is 6.32. The third-order valence-corrected chi connectivity index (χ3v) is 9.72. The van der Waals surface area contributed by atoms with Gasteiger partial charge in [0.05, 0.1) is 25.4 Å². The van der Waals surface area contributed by atoms with Crippen LogP contribution in [0.2, 0.25) is 0 Å². The van der Waals surface area contributed by atoms with Crippen LogP contribution in [0.5, 0.6) is 0 Å². The van der Waals surface area contributed by atoms with Crippen molar-refractivity contribution in [2.45, 2.75) is 231 Å². The molecule has 0 aliphatic heterocycles. The average Bonchev–Trinajstić information content (AvgIpc) is 3.11. The predicted molar refractivity (Wildman–Crippen MR) is 213 cm³/mol. The standard InChI is InChI=1S/C44H83NO5/c1-3-5-7-9-11-13-15-17-20-24-28-32-36-42(47)41(40-46)45-43(48)37-33-29-25-21-18-19-23-27-31-35-39-50-44(49)38-34-30-26-22-16-14-12-10-8-6-4-2/h10,12,19,23,41-42,46-47H,3-9,11,13-18,20-22,24-40H2,1-2H3,(H,45,48)/b12-10-,23-19-. The smallest absolute Gasteiger partial charge is 0.305 e. The highest BCUT2D eigenvalue weighted by atomic mass is 16.5. The van der Waals surface area contributed by atoms with Crippen LogP contribution in [0.1, 0.15) is 219 Å². The van der Waals surface area contributed by atoms with E-state index in [9.17, 15) is 19.8 Å². The maximum Gasteiger partial charge on any atom is 0.305 e. The van der Waals surface area contributed by atoms with Gasteiger partial charge in [-0.05, 0) is 70.6 Å². The van der Waals surface area contributed by atoms with E-state index in [1.54, 1.807) is 0 Å². The number of unbranched alkanes of at least 4 members (excludes halogenated alkanes) is 24. The molecule has 0 fully saturated rings. The van der Waals surface area contributed by atoms with Crippen LogP contribution >= 0.6 is 0 Å². The van der Waals surface area contributed by atoms with Gasteiger partial charge in [-0.1, -0.05) is 160 Å². The lowest BCUT2D eigenvalue weighted by atomic mass is 10.0. The lowest BCUT2D eigenvalue weighted by Crippen LogP contribution is -2.45. The Morgan fingerprint density at radius 2 is 0.960 bits per heavy atom. The van der Waals surface area contributed by atoms with Crippen LogP contribution < -0.4 is 5.32 Å². The van der Waals surface area contributed by atoms with Gasteiger partial charge in [-0.3, -0.25) is 9.59 Å². The topological polar surface area (TPSA) is 95.9 Å². The Kier molecular flexibility index (Phi) is 38.8. The van der Waals surface area contributed by atoms with Crippen LogP contribution in [0.15, 0.2) is 24.3 Å². The van der Waals surface area contributed by atoms with Crippen molar-refractivity contribution in [3.8, 4) is 0 Å². The monoisotopic (exact) mass is 706 g/mol. The fraction of sp³-hybridized carbons (Fsp3) is 0.864. The predicted octanol–water partition coefficient (Wildman–Crippen LogP) is 12.0.